The Morgan fingerprint density at radius 1 is 1.25 bits per heavy atom. The predicted octanol–water partition coefficient (Wildman–Crippen LogP) is 3.73. The van der Waals surface area contributed by atoms with Crippen LogP contribution in [0.15, 0.2) is 36.9 Å². The van der Waals surface area contributed by atoms with E-state index in [4.69, 9.17) is 0 Å². The van der Waals surface area contributed by atoms with Gasteiger partial charge in [0.2, 0.25) is 0 Å². The Labute approximate surface area is 99.6 Å². The largest absolute Gasteiger partial charge is 0.312 e. The van der Waals surface area contributed by atoms with Crippen LogP contribution in [0, 0.1) is 5.41 Å². The van der Waals surface area contributed by atoms with Crippen LogP contribution < -0.4 is 5.32 Å². The second-order valence-corrected chi connectivity index (χ2v) is 5.09. The van der Waals surface area contributed by atoms with Crippen molar-refractivity contribution in [2.75, 3.05) is 13.1 Å². The Hall–Kier alpha value is -1.08. The molecule has 0 aromatic heterocycles. The van der Waals surface area contributed by atoms with Gasteiger partial charge < -0.3 is 5.32 Å². The second kappa shape index (κ2) is 5.86. The van der Waals surface area contributed by atoms with E-state index in [0.717, 1.165) is 18.7 Å². The first-order chi connectivity index (χ1) is 7.55. The van der Waals surface area contributed by atoms with Crippen molar-refractivity contribution in [3.63, 3.8) is 0 Å². The summed E-state index contributed by atoms with van der Waals surface area (Å²) in [6.07, 6.45) is 1.19. The molecule has 0 spiro atoms. The highest BCUT2D eigenvalue weighted by Crippen LogP contribution is 2.18. The van der Waals surface area contributed by atoms with E-state index in [9.17, 15) is 0 Å². The van der Waals surface area contributed by atoms with Crippen molar-refractivity contribution in [1.82, 2.24) is 5.32 Å². The summed E-state index contributed by atoms with van der Waals surface area (Å²) < 4.78 is 0. The van der Waals surface area contributed by atoms with Gasteiger partial charge in [-0.15, -0.1) is 0 Å². The van der Waals surface area contributed by atoms with E-state index in [1.54, 1.807) is 0 Å². The van der Waals surface area contributed by atoms with Crippen molar-refractivity contribution in [2.45, 2.75) is 27.2 Å². The van der Waals surface area contributed by atoms with Crippen LogP contribution in [0.25, 0.3) is 5.57 Å². The molecule has 1 rings (SSSR count). The van der Waals surface area contributed by atoms with Gasteiger partial charge in [-0.2, -0.15) is 0 Å². The lowest BCUT2D eigenvalue weighted by Gasteiger charge is -2.23. The summed E-state index contributed by atoms with van der Waals surface area (Å²) in [7, 11) is 0. The lowest BCUT2D eigenvalue weighted by atomic mass is 9.90. The molecular formula is C15H23N. The average Bonchev–Trinajstić information content (AvgIpc) is 2.30. The van der Waals surface area contributed by atoms with Gasteiger partial charge in [-0.25, -0.2) is 0 Å². The summed E-state index contributed by atoms with van der Waals surface area (Å²) in [4.78, 5) is 0. The Kier molecular flexibility index (Phi) is 4.75. The van der Waals surface area contributed by atoms with Crippen LogP contribution in [-0.2, 0) is 0 Å². The SMILES string of the molecule is C=C(CNCC(C)(C)CC)c1ccccc1. The van der Waals surface area contributed by atoms with Gasteiger partial charge >= 0.3 is 0 Å². The fraction of sp³-hybridized carbons (Fsp3) is 0.467. The summed E-state index contributed by atoms with van der Waals surface area (Å²) in [6, 6.07) is 10.3. The molecule has 0 aliphatic heterocycles. The first kappa shape index (κ1) is 13.0. The average molecular weight is 217 g/mol. The molecule has 0 saturated carbocycles. The Bertz CT molecular complexity index is 325. The van der Waals surface area contributed by atoms with Crippen molar-refractivity contribution in [3.8, 4) is 0 Å². The normalized spacial score (nSPS) is 11.4. The van der Waals surface area contributed by atoms with Crippen LogP contribution in [0.1, 0.15) is 32.8 Å². The van der Waals surface area contributed by atoms with Crippen molar-refractivity contribution in [1.29, 1.82) is 0 Å². The minimum Gasteiger partial charge on any atom is -0.312 e. The quantitative estimate of drug-likeness (QED) is 0.765. The molecule has 0 atom stereocenters. The predicted molar refractivity (Wildman–Crippen MR) is 72.4 cm³/mol. The van der Waals surface area contributed by atoms with Crippen LogP contribution in [0.3, 0.4) is 0 Å². The van der Waals surface area contributed by atoms with Gasteiger partial charge in [0, 0.05) is 13.1 Å². The molecule has 0 bridgehead atoms. The highest BCUT2D eigenvalue weighted by molar-refractivity contribution is 5.64. The molecule has 0 fully saturated rings. The molecule has 1 aromatic carbocycles. The molecule has 0 saturated heterocycles. The molecular weight excluding hydrogens is 194 g/mol. The summed E-state index contributed by atoms with van der Waals surface area (Å²) in [5.41, 5.74) is 2.76. The second-order valence-electron chi connectivity index (χ2n) is 5.09. The first-order valence-electron chi connectivity index (χ1n) is 5.99. The zero-order valence-corrected chi connectivity index (χ0v) is 10.7. The number of benzene rings is 1. The Balaban J connectivity index is 2.37. The molecule has 1 N–H and O–H groups in total. The van der Waals surface area contributed by atoms with Gasteiger partial charge in [-0.05, 0) is 23.0 Å². The van der Waals surface area contributed by atoms with Crippen molar-refractivity contribution in [3.05, 3.63) is 42.5 Å². The minimum atomic E-state index is 0.372. The molecule has 0 amide bonds. The molecule has 1 heteroatoms. The Morgan fingerprint density at radius 2 is 1.88 bits per heavy atom. The van der Waals surface area contributed by atoms with Gasteiger partial charge in [0.15, 0.2) is 0 Å². The number of nitrogens with one attached hydrogen (secondary N) is 1. The molecule has 0 aliphatic carbocycles. The van der Waals surface area contributed by atoms with E-state index in [0.29, 0.717) is 5.41 Å². The van der Waals surface area contributed by atoms with Crippen LogP contribution in [0.5, 0.6) is 0 Å². The third-order valence-corrected chi connectivity index (χ3v) is 3.08. The van der Waals surface area contributed by atoms with Crippen LogP contribution in [0.4, 0.5) is 0 Å². The monoisotopic (exact) mass is 217 g/mol. The zero-order chi connectivity index (χ0) is 12.0. The van der Waals surface area contributed by atoms with Gasteiger partial charge in [0.1, 0.15) is 0 Å². The topological polar surface area (TPSA) is 12.0 Å². The molecule has 1 aromatic rings. The molecule has 0 unspecified atom stereocenters. The molecule has 0 aliphatic rings. The van der Waals surface area contributed by atoms with Gasteiger partial charge in [0.25, 0.3) is 0 Å². The first-order valence-corrected chi connectivity index (χ1v) is 5.99. The summed E-state index contributed by atoms with van der Waals surface area (Å²) in [6.45, 7) is 12.8. The minimum absolute atomic E-state index is 0.372. The summed E-state index contributed by atoms with van der Waals surface area (Å²) in [5, 5.41) is 3.48. The maximum Gasteiger partial charge on any atom is 0.0205 e. The molecule has 0 radical (unpaired) electrons. The van der Waals surface area contributed by atoms with E-state index in [2.05, 4.69) is 56.9 Å². The lowest BCUT2D eigenvalue weighted by Crippen LogP contribution is -2.29. The van der Waals surface area contributed by atoms with E-state index < -0.39 is 0 Å². The molecule has 16 heavy (non-hydrogen) atoms. The third-order valence-electron chi connectivity index (χ3n) is 3.08. The van der Waals surface area contributed by atoms with E-state index in [1.165, 1.54) is 12.0 Å². The van der Waals surface area contributed by atoms with E-state index in [1.807, 2.05) is 6.07 Å². The Morgan fingerprint density at radius 3 is 2.44 bits per heavy atom. The standard InChI is InChI=1S/C15H23N/c1-5-15(3,4)12-16-11-13(2)14-9-7-6-8-10-14/h6-10,16H,2,5,11-12H2,1,3-4H3. The van der Waals surface area contributed by atoms with Crippen LogP contribution in [-0.4, -0.2) is 13.1 Å². The maximum atomic E-state index is 4.11. The number of hydrogen-bond donors (Lipinski definition) is 1. The summed E-state index contributed by atoms with van der Waals surface area (Å²) >= 11 is 0. The zero-order valence-electron chi connectivity index (χ0n) is 10.7. The van der Waals surface area contributed by atoms with Gasteiger partial charge in [-0.1, -0.05) is 57.7 Å². The fourth-order valence-corrected chi connectivity index (χ4v) is 1.45. The maximum absolute atomic E-state index is 4.11. The smallest absolute Gasteiger partial charge is 0.0205 e. The van der Waals surface area contributed by atoms with Crippen molar-refractivity contribution < 1.29 is 0 Å². The van der Waals surface area contributed by atoms with Crippen LogP contribution >= 0.6 is 0 Å². The lowest BCUT2D eigenvalue weighted by molar-refractivity contribution is 0.335. The highest BCUT2D eigenvalue weighted by Gasteiger charge is 2.13. The highest BCUT2D eigenvalue weighted by atomic mass is 14.9. The van der Waals surface area contributed by atoms with Crippen molar-refractivity contribution >= 4 is 5.57 Å². The van der Waals surface area contributed by atoms with E-state index in [-0.39, 0.29) is 0 Å². The number of hydrogen-bond acceptors (Lipinski definition) is 1. The molecule has 1 nitrogen and oxygen atoms in total. The van der Waals surface area contributed by atoms with Crippen molar-refractivity contribution in [2.24, 2.45) is 5.41 Å². The van der Waals surface area contributed by atoms with Gasteiger partial charge in [-0.3, -0.25) is 0 Å². The fourth-order valence-electron chi connectivity index (χ4n) is 1.45. The number of rotatable bonds is 6. The van der Waals surface area contributed by atoms with Gasteiger partial charge in [0.05, 0.1) is 0 Å². The van der Waals surface area contributed by atoms with E-state index >= 15 is 0 Å². The molecule has 0 heterocycles. The van der Waals surface area contributed by atoms with Crippen LogP contribution in [0.2, 0.25) is 0 Å². The summed E-state index contributed by atoms with van der Waals surface area (Å²) in [5.74, 6) is 0. The third kappa shape index (κ3) is 4.19. The molecule has 88 valence electrons.